The molecule has 1 aromatic carbocycles. The van der Waals surface area contributed by atoms with Crippen LogP contribution >= 0.6 is 15.9 Å². The van der Waals surface area contributed by atoms with Crippen molar-refractivity contribution < 1.29 is 14.0 Å². The molecule has 0 radical (unpaired) electrons. The first-order valence-electron chi connectivity index (χ1n) is 6.23. The number of carbonyl (C=O) groups is 2. The van der Waals surface area contributed by atoms with Crippen LogP contribution < -0.4 is 10.6 Å². The van der Waals surface area contributed by atoms with Crippen LogP contribution in [0.25, 0.3) is 0 Å². The Hall–Kier alpha value is -1.43. The summed E-state index contributed by atoms with van der Waals surface area (Å²) >= 11 is 3.13. The molecule has 110 valence electrons. The average Bonchev–Trinajstić information content (AvgIpc) is 2.25. The van der Waals surface area contributed by atoms with Gasteiger partial charge in [0.25, 0.3) is 5.91 Å². The van der Waals surface area contributed by atoms with E-state index in [1.807, 2.05) is 20.8 Å². The van der Waals surface area contributed by atoms with Crippen molar-refractivity contribution in [3.63, 3.8) is 0 Å². The molecule has 0 aromatic heterocycles. The lowest BCUT2D eigenvalue weighted by atomic mass is 10.1. The van der Waals surface area contributed by atoms with Crippen molar-refractivity contribution in [2.75, 3.05) is 6.54 Å². The fourth-order valence-corrected chi connectivity index (χ4v) is 2.07. The van der Waals surface area contributed by atoms with Gasteiger partial charge in [0.15, 0.2) is 0 Å². The molecule has 0 saturated heterocycles. The highest BCUT2D eigenvalue weighted by Gasteiger charge is 2.14. The Morgan fingerprint density at radius 1 is 1.30 bits per heavy atom. The molecule has 0 saturated carbocycles. The maximum absolute atomic E-state index is 12.9. The summed E-state index contributed by atoms with van der Waals surface area (Å²) < 4.78 is 13.3. The van der Waals surface area contributed by atoms with Crippen LogP contribution in [-0.4, -0.2) is 23.9 Å². The topological polar surface area (TPSA) is 58.2 Å². The summed E-state index contributed by atoms with van der Waals surface area (Å²) in [5, 5.41) is 5.43. The third kappa shape index (κ3) is 5.69. The van der Waals surface area contributed by atoms with E-state index < -0.39 is 5.82 Å². The van der Waals surface area contributed by atoms with Gasteiger partial charge in [-0.05, 0) is 54.9 Å². The number of rotatable bonds is 4. The smallest absolute Gasteiger partial charge is 0.252 e. The zero-order valence-corrected chi connectivity index (χ0v) is 13.3. The standard InChI is InChI=1S/C14H18BrFN2O2/c1-14(2,3)18-12(19)6-7-17-13(20)10-5-4-9(16)8-11(10)15/h4-5,8H,6-7H2,1-3H3,(H,17,20)(H,18,19). The quantitative estimate of drug-likeness (QED) is 0.881. The normalized spacial score (nSPS) is 11.1. The summed E-state index contributed by atoms with van der Waals surface area (Å²) in [7, 11) is 0. The molecule has 0 bridgehead atoms. The summed E-state index contributed by atoms with van der Waals surface area (Å²) in [5.41, 5.74) is 0.0452. The molecule has 6 heteroatoms. The van der Waals surface area contributed by atoms with Gasteiger partial charge in [0.2, 0.25) is 5.91 Å². The van der Waals surface area contributed by atoms with Gasteiger partial charge in [0.1, 0.15) is 5.82 Å². The van der Waals surface area contributed by atoms with Gasteiger partial charge in [-0.2, -0.15) is 0 Å². The van der Waals surface area contributed by atoms with E-state index in [2.05, 4.69) is 26.6 Å². The molecule has 2 N–H and O–H groups in total. The van der Waals surface area contributed by atoms with Gasteiger partial charge in [0.05, 0.1) is 5.56 Å². The maximum atomic E-state index is 12.9. The number of carbonyl (C=O) groups excluding carboxylic acids is 2. The van der Waals surface area contributed by atoms with Crippen LogP contribution in [0.2, 0.25) is 0 Å². The number of halogens is 2. The Bertz CT molecular complexity index is 512. The van der Waals surface area contributed by atoms with Crippen LogP contribution in [0.15, 0.2) is 22.7 Å². The first-order chi connectivity index (χ1) is 9.19. The molecule has 0 heterocycles. The van der Waals surface area contributed by atoms with Crippen molar-refractivity contribution in [2.45, 2.75) is 32.7 Å². The minimum atomic E-state index is -0.419. The van der Waals surface area contributed by atoms with E-state index in [9.17, 15) is 14.0 Å². The molecular weight excluding hydrogens is 327 g/mol. The van der Waals surface area contributed by atoms with E-state index in [1.54, 1.807) is 0 Å². The van der Waals surface area contributed by atoms with Gasteiger partial charge in [-0.1, -0.05) is 0 Å². The van der Waals surface area contributed by atoms with Crippen LogP contribution in [-0.2, 0) is 4.79 Å². The van der Waals surface area contributed by atoms with Gasteiger partial charge in [-0.3, -0.25) is 9.59 Å². The summed E-state index contributed by atoms with van der Waals surface area (Å²) in [6.07, 6.45) is 0.196. The highest BCUT2D eigenvalue weighted by molar-refractivity contribution is 9.10. The third-order valence-corrected chi connectivity index (χ3v) is 2.98. The van der Waals surface area contributed by atoms with Crippen molar-refractivity contribution in [3.05, 3.63) is 34.1 Å². The Kier molecular flexibility index (Phi) is 5.68. The van der Waals surface area contributed by atoms with E-state index in [-0.39, 0.29) is 30.3 Å². The summed E-state index contributed by atoms with van der Waals surface area (Å²) in [5.74, 6) is -0.894. The fraction of sp³-hybridized carbons (Fsp3) is 0.429. The zero-order valence-electron chi connectivity index (χ0n) is 11.7. The van der Waals surface area contributed by atoms with Crippen LogP contribution in [0.5, 0.6) is 0 Å². The third-order valence-electron chi connectivity index (χ3n) is 2.33. The van der Waals surface area contributed by atoms with E-state index >= 15 is 0 Å². The van der Waals surface area contributed by atoms with Gasteiger partial charge < -0.3 is 10.6 Å². The lowest BCUT2D eigenvalue weighted by Gasteiger charge is -2.20. The predicted molar refractivity (Wildman–Crippen MR) is 78.9 cm³/mol. The second-order valence-corrected chi connectivity index (χ2v) is 6.28. The van der Waals surface area contributed by atoms with Crippen molar-refractivity contribution >= 4 is 27.7 Å². The van der Waals surface area contributed by atoms with Crippen LogP contribution in [0, 0.1) is 5.82 Å². The van der Waals surface area contributed by atoms with E-state index in [0.717, 1.165) is 0 Å². The number of hydrogen-bond acceptors (Lipinski definition) is 2. The number of benzene rings is 1. The predicted octanol–water partition coefficient (Wildman–Crippen LogP) is 2.62. The lowest BCUT2D eigenvalue weighted by Crippen LogP contribution is -2.42. The van der Waals surface area contributed by atoms with Crippen LogP contribution in [0.1, 0.15) is 37.6 Å². The Morgan fingerprint density at radius 3 is 2.50 bits per heavy atom. The summed E-state index contributed by atoms with van der Waals surface area (Å²) in [6, 6.07) is 3.83. The molecular formula is C14H18BrFN2O2. The molecule has 0 aliphatic carbocycles. The molecule has 20 heavy (non-hydrogen) atoms. The van der Waals surface area contributed by atoms with E-state index in [1.165, 1.54) is 18.2 Å². The molecule has 0 aliphatic heterocycles. The average molecular weight is 345 g/mol. The Balaban J connectivity index is 2.46. The zero-order chi connectivity index (χ0) is 15.3. The molecule has 0 fully saturated rings. The molecule has 0 unspecified atom stereocenters. The highest BCUT2D eigenvalue weighted by Crippen LogP contribution is 2.17. The SMILES string of the molecule is CC(C)(C)NC(=O)CCNC(=O)c1ccc(F)cc1Br. The first-order valence-corrected chi connectivity index (χ1v) is 7.02. The maximum Gasteiger partial charge on any atom is 0.252 e. The minimum absolute atomic E-state index is 0.129. The van der Waals surface area contributed by atoms with E-state index in [0.29, 0.717) is 10.0 Å². The summed E-state index contributed by atoms with van der Waals surface area (Å²) in [6.45, 7) is 5.89. The molecule has 0 aliphatic rings. The van der Waals surface area contributed by atoms with E-state index in [4.69, 9.17) is 0 Å². The molecule has 1 aromatic rings. The van der Waals surface area contributed by atoms with Gasteiger partial charge in [-0.25, -0.2) is 4.39 Å². The molecule has 0 spiro atoms. The number of nitrogens with one attached hydrogen (secondary N) is 2. The molecule has 0 atom stereocenters. The second-order valence-electron chi connectivity index (χ2n) is 5.43. The summed E-state index contributed by atoms with van der Waals surface area (Å²) in [4.78, 5) is 23.4. The Labute approximate surface area is 126 Å². The molecule has 2 amide bonds. The lowest BCUT2D eigenvalue weighted by molar-refractivity contribution is -0.122. The monoisotopic (exact) mass is 344 g/mol. The second kappa shape index (κ2) is 6.83. The number of hydrogen-bond donors (Lipinski definition) is 2. The minimum Gasteiger partial charge on any atom is -0.351 e. The largest absolute Gasteiger partial charge is 0.351 e. The van der Waals surface area contributed by atoms with Crippen molar-refractivity contribution in [2.24, 2.45) is 0 Å². The van der Waals surface area contributed by atoms with Crippen molar-refractivity contribution in [3.8, 4) is 0 Å². The van der Waals surface area contributed by atoms with Crippen molar-refractivity contribution in [1.29, 1.82) is 0 Å². The van der Waals surface area contributed by atoms with Crippen LogP contribution in [0.3, 0.4) is 0 Å². The van der Waals surface area contributed by atoms with Crippen molar-refractivity contribution in [1.82, 2.24) is 10.6 Å². The fourth-order valence-electron chi connectivity index (χ4n) is 1.54. The van der Waals surface area contributed by atoms with Crippen LogP contribution in [0.4, 0.5) is 4.39 Å². The van der Waals surface area contributed by atoms with Gasteiger partial charge in [-0.15, -0.1) is 0 Å². The highest BCUT2D eigenvalue weighted by atomic mass is 79.9. The molecule has 1 rings (SSSR count). The van der Waals surface area contributed by atoms with Gasteiger partial charge >= 0.3 is 0 Å². The van der Waals surface area contributed by atoms with Gasteiger partial charge in [0, 0.05) is 23.0 Å². The Morgan fingerprint density at radius 2 is 1.95 bits per heavy atom. The molecule has 4 nitrogen and oxygen atoms in total. The first kappa shape index (κ1) is 16.6. The number of amides is 2.